The van der Waals surface area contributed by atoms with E-state index in [1.54, 1.807) is 18.2 Å². The Kier molecular flexibility index (Phi) is 3.78. The van der Waals surface area contributed by atoms with Gasteiger partial charge in [0.15, 0.2) is 10.3 Å². The van der Waals surface area contributed by atoms with E-state index in [0.29, 0.717) is 10.7 Å². The molecule has 0 spiro atoms. The number of amides is 1. The molecule has 0 fully saturated rings. The first-order chi connectivity index (χ1) is 10.5. The number of nitrogen functional groups attached to an aromatic ring is 1. The zero-order chi connectivity index (χ0) is 15.7. The van der Waals surface area contributed by atoms with Gasteiger partial charge in [0.2, 0.25) is 5.91 Å². The molecule has 112 valence electrons. The Labute approximate surface area is 134 Å². The predicted octanol–water partition coefficient (Wildman–Crippen LogP) is 3.00. The molecule has 1 aromatic carbocycles. The summed E-state index contributed by atoms with van der Waals surface area (Å²) in [5.41, 5.74) is 13.9. The molecule has 5 N–H and O–H groups in total. The fourth-order valence-electron chi connectivity index (χ4n) is 1.96. The van der Waals surface area contributed by atoms with Crippen LogP contribution in [-0.2, 0) is 0 Å². The van der Waals surface area contributed by atoms with Crippen molar-refractivity contribution in [1.82, 2.24) is 9.97 Å². The minimum atomic E-state index is -0.459. The largest absolute Gasteiger partial charge is 0.375 e. The summed E-state index contributed by atoms with van der Waals surface area (Å²) in [6, 6.07) is 6.98. The first-order valence-corrected chi connectivity index (χ1v) is 8.08. The lowest BCUT2D eigenvalue weighted by atomic mass is 10.2. The molecule has 3 rings (SSSR count). The average molecular weight is 331 g/mol. The van der Waals surface area contributed by atoms with Crippen LogP contribution in [0, 0.1) is 6.92 Å². The second-order valence-corrected chi connectivity index (χ2v) is 6.46. The van der Waals surface area contributed by atoms with Crippen LogP contribution in [0.4, 0.5) is 16.0 Å². The average Bonchev–Trinajstić information content (AvgIpc) is 3.05. The SMILES string of the molecule is Cc1nc(N)sc1-c1csc(Nc2cccc(C(N)=O)c2)n1. The van der Waals surface area contributed by atoms with E-state index < -0.39 is 5.91 Å². The van der Waals surface area contributed by atoms with Crippen molar-refractivity contribution in [2.75, 3.05) is 11.1 Å². The Morgan fingerprint density at radius 1 is 1.32 bits per heavy atom. The summed E-state index contributed by atoms with van der Waals surface area (Å²) in [7, 11) is 0. The summed E-state index contributed by atoms with van der Waals surface area (Å²) in [6.07, 6.45) is 0. The van der Waals surface area contributed by atoms with Gasteiger partial charge in [-0.1, -0.05) is 17.4 Å². The van der Waals surface area contributed by atoms with Crippen molar-refractivity contribution in [3.05, 3.63) is 40.9 Å². The summed E-state index contributed by atoms with van der Waals surface area (Å²) in [5.74, 6) is -0.459. The number of benzene rings is 1. The number of nitrogens with zero attached hydrogens (tertiary/aromatic N) is 2. The summed E-state index contributed by atoms with van der Waals surface area (Å²) in [4.78, 5) is 20.9. The molecule has 1 amide bonds. The van der Waals surface area contributed by atoms with E-state index in [-0.39, 0.29) is 0 Å². The number of hydrogen-bond donors (Lipinski definition) is 3. The molecule has 0 aliphatic carbocycles. The zero-order valence-corrected chi connectivity index (χ0v) is 13.3. The maximum absolute atomic E-state index is 11.2. The normalized spacial score (nSPS) is 10.6. The Balaban J connectivity index is 1.84. The van der Waals surface area contributed by atoms with E-state index in [2.05, 4.69) is 15.3 Å². The third kappa shape index (κ3) is 2.92. The van der Waals surface area contributed by atoms with Gasteiger partial charge in [0.1, 0.15) is 0 Å². The molecule has 0 saturated heterocycles. The van der Waals surface area contributed by atoms with Crippen LogP contribution < -0.4 is 16.8 Å². The number of aromatic nitrogens is 2. The van der Waals surface area contributed by atoms with Crippen LogP contribution in [0.2, 0.25) is 0 Å². The lowest BCUT2D eigenvalue weighted by molar-refractivity contribution is 0.100. The fourth-order valence-corrected chi connectivity index (χ4v) is 3.55. The fraction of sp³-hybridized carbons (Fsp3) is 0.0714. The van der Waals surface area contributed by atoms with Crippen molar-refractivity contribution in [3.8, 4) is 10.6 Å². The van der Waals surface area contributed by atoms with E-state index in [0.717, 1.165) is 27.1 Å². The van der Waals surface area contributed by atoms with Gasteiger partial charge in [-0.15, -0.1) is 11.3 Å². The summed E-state index contributed by atoms with van der Waals surface area (Å²) in [6.45, 7) is 1.91. The molecule has 0 radical (unpaired) electrons. The van der Waals surface area contributed by atoms with Crippen molar-refractivity contribution in [2.45, 2.75) is 6.92 Å². The van der Waals surface area contributed by atoms with E-state index in [9.17, 15) is 4.79 Å². The minimum absolute atomic E-state index is 0.452. The summed E-state index contributed by atoms with van der Waals surface area (Å²) < 4.78 is 0. The molecule has 2 heterocycles. The third-order valence-electron chi connectivity index (χ3n) is 2.95. The van der Waals surface area contributed by atoms with Gasteiger partial charge in [-0.2, -0.15) is 0 Å². The molecule has 2 aromatic heterocycles. The summed E-state index contributed by atoms with van der Waals surface area (Å²) in [5, 5.41) is 6.37. The molecular weight excluding hydrogens is 318 g/mol. The van der Waals surface area contributed by atoms with Gasteiger partial charge >= 0.3 is 0 Å². The molecule has 0 atom stereocenters. The highest BCUT2D eigenvalue weighted by Crippen LogP contribution is 2.34. The standard InChI is InChI=1S/C14H13N5OS2/c1-7-11(22-13(16)17-7)10-6-21-14(19-10)18-9-4-2-3-8(5-9)12(15)20/h2-6H,1H3,(H2,15,20)(H2,16,17)(H,18,19). The molecule has 22 heavy (non-hydrogen) atoms. The van der Waals surface area contributed by atoms with Gasteiger partial charge in [0, 0.05) is 16.6 Å². The number of nitrogens with one attached hydrogen (secondary N) is 1. The molecule has 0 bridgehead atoms. The van der Waals surface area contributed by atoms with Crippen LogP contribution in [0.25, 0.3) is 10.6 Å². The number of aryl methyl sites for hydroxylation is 1. The highest BCUT2D eigenvalue weighted by molar-refractivity contribution is 7.19. The second-order valence-electron chi connectivity index (χ2n) is 4.57. The molecule has 0 unspecified atom stereocenters. The van der Waals surface area contributed by atoms with Crippen LogP contribution >= 0.6 is 22.7 Å². The van der Waals surface area contributed by atoms with Crippen LogP contribution in [0.1, 0.15) is 16.1 Å². The molecule has 0 saturated carbocycles. The van der Waals surface area contributed by atoms with Crippen LogP contribution in [-0.4, -0.2) is 15.9 Å². The van der Waals surface area contributed by atoms with Crippen molar-refractivity contribution < 1.29 is 4.79 Å². The quantitative estimate of drug-likeness (QED) is 0.681. The monoisotopic (exact) mass is 331 g/mol. The Bertz CT molecular complexity index is 839. The predicted molar refractivity (Wildman–Crippen MR) is 90.6 cm³/mol. The lowest BCUT2D eigenvalue weighted by Gasteiger charge is -2.03. The third-order valence-corrected chi connectivity index (χ3v) is 4.72. The van der Waals surface area contributed by atoms with Crippen molar-refractivity contribution in [1.29, 1.82) is 0 Å². The maximum atomic E-state index is 11.2. The van der Waals surface area contributed by atoms with Crippen LogP contribution in [0.3, 0.4) is 0 Å². The molecule has 6 nitrogen and oxygen atoms in total. The highest BCUT2D eigenvalue weighted by Gasteiger charge is 2.12. The maximum Gasteiger partial charge on any atom is 0.248 e. The first-order valence-electron chi connectivity index (χ1n) is 6.38. The number of anilines is 3. The lowest BCUT2D eigenvalue weighted by Crippen LogP contribution is -2.10. The van der Waals surface area contributed by atoms with Gasteiger partial charge < -0.3 is 16.8 Å². The summed E-state index contributed by atoms with van der Waals surface area (Å²) >= 11 is 2.89. The highest BCUT2D eigenvalue weighted by atomic mass is 32.1. The zero-order valence-electron chi connectivity index (χ0n) is 11.7. The molecule has 0 aliphatic heterocycles. The number of rotatable bonds is 4. The minimum Gasteiger partial charge on any atom is -0.375 e. The Hall–Kier alpha value is -2.45. The number of primary amides is 1. The number of thiazole rings is 2. The smallest absolute Gasteiger partial charge is 0.248 e. The molecular formula is C14H13N5OS2. The van der Waals surface area contributed by atoms with Crippen LogP contribution in [0.15, 0.2) is 29.6 Å². The topological polar surface area (TPSA) is 107 Å². The van der Waals surface area contributed by atoms with E-state index in [1.807, 2.05) is 18.4 Å². The van der Waals surface area contributed by atoms with E-state index >= 15 is 0 Å². The number of carbonyl (C=O) groups excluding carboxylic acids is 1. The molecule has 3 aromatic rings. The number of carbonyl (C=O) groups is 1. The van der Waals surface area contributed by atoms with Gasteiger partial charge in [0.05, 0.1) is 16.3 Å². The van der Waals surface area contributed by atoms with Gasteiger partial charge in [-0.3, -0.25) is 4.79 Å². The van der Waals surface area contributed by atoms with Gasteiger partial charge in [-0.05, 0) is 25.1 Å². The van der Waals surface area contributed by atoms with Gasteiger partial charge in [0.25, 0.3) is 0 Å². The molecule has 0 aliphatic rings. The Morgan fingerprint density at radius 3 is 2.82 bits per heavy atom. The van der Waals surface area contributed by atoms with Crippen molar-refractivity contribution in [2.24, 2.45) is 5.73 Å². The van der Waals surface area contributed by atoms with Gasteiger partial charge in [-0.25, -0.2) is 9.97 Å². The van der Waals surface area contributed by atoms with E-state index in [1.165, 1.54) is 22.7 Å². The number of nitrogens with two attached hydrogens (primary N) is 2. The van der Waals surface area contributed by atoms with Crippen molar-refractivity contribution in [3.63, 3.8) is 0 Å². The Morgan fingerprint density at radius 2 is 2.14 bits per heavy atom. The first kappa shape index (κ1) is 14.5. The number of hydrogen-bond acceptors (Lipinski definition) is 7. The molecule has 8 heteroatoms. The second kappa shape index (κ2) is 5.74. The van der Waals surface area contributed by atoms with E-state index in [4.69, 9.17) is 11.5 Å². The van der Waals surface area contributed by atoms with Crippen LogP contribution in [0.5, 0.6) is 0 Å². The van der Waals surface area contributed by atoms with Crippen molar-refractivity contribution >= 4 is 44.5 Å².